The first kappa shape index (κ1) is 35.1. The van der Waals surface area contributed by atoms with E-state index in [-0.39, 0.29) is 0 Å². The molecule has 0 bridgehead atoms. The first-order valence-electron chi connectivity index (χ1n) is 14.7. The average molecular weight is 541 g/mol. The molecule has 0 aromatic carbocycles. The van der Waals surface area contributed by atoms with Gasteiger partial charge in [0.05, 0.1) is 29.4 Å². The number of hydrogen-bond donors (Lipinski definition) is 0. The van der Waals surface area contributed by atoms with Crippen LogP contribution < -0.4 is 0 Å². The summed E-state index contributed by atoms with van der Waals surface area (Å²) in [5, 5.41) is 0. The van der Waals surface area contributed by atoms with E-state index < -0.39 is 28.1 Å². The van der Waals surface area contributed by atoms with Gasteiger partial charge in [-0.2, -0.15) is 0 Å². The van der Waals surface area contributed by atoms with E-state index in [2.05, 4.69) is 83.1 Å². The topological polar surface area (TPSA) is 52.6 Å². The Kier molecular flexibility index (Phi) is 16.4. The standard InChI is InChI=1S/C30H60O4Si2/c1-23(2)35(24(3)4,25(5)6)21-15-13-19-33-29(31)17-18-30(32)34-20-14-16-22-36(26(7)8,27(9)10)28(11)12/h17-18,23-28H,13-16,19-22H2,1-12H3/b18-17-. The van der Waals surface area contributed by atoms with Gasteiger partial charge in [0.15, 0.2) is 0 Å². The average Bonchev–Trinajstić information content (AvgIpc) is 2.75. The van der Waals surface area contributed by atoms with Crippen molar-refractivity contribution in [2.45, 2.75) is 154 Å². The second-order valence-electron chi connectivity index (χ2n) is 12.7. The molecule has 0 saturated heterocycles. The lowest BCUT2D eigenvalue weighted by Crippen LogP contribution is -2.44. The van der Waals surface area contributed by atoms with Crippen LogP contribution in [0.3, 0.4) is 0 Å². The maximum atomic E-state index is 12.0. The van der Waals surface area contributed by atoms with Crippen LogP contribution in [0.4, 0.5) is 0 Å². The highest BCUT2D eigenvalue weighted by atomic mass is 28.3. The molecule has 0 atom stereocenters. The second kappa shape index (κ2) is 16.9. The number of ether oxygens (including phenoxy) is 2. The number of esters is 2. The highest BCUT2D eigenvalue weighted by Crippen LogP contribution is 2.46. The van der Waals surface area contributed by atoms with Crippen LogP contribution in [0, 0.1) is 0 Å². The molecule has 0 rings (SSSR count). The summed E-state index contributed by atoms with van der Waals surface area (Å²) in [4.78, 5) is 24.0. The maximum absolute atomic E-state index is 12.0. The molecule has 0 heterocycles. The van der Waals surface area contributed by atoms with Crippen LogP contribution in [-0.2, 0) is 19.1 Å². The summed E-state index contributed by atoms with van der Waals surface area (Å²) >= 11 is 0. The van der Waals surface area contributed by atoms with E-state index in [1.165, 1.54) is 24.2 Å². The van der Waals surface area contributed by atoms with Gasteiger partial charge in [0.1, 0.15) is 0 Å². The third-order valence-electron chi connectivity index (χ3n) is 9.30. The molecule has 0 amide bonds. The smallest absolute Gasteiger partial charge is 0.331 e. The van der Waals surface area contributed by atoms with Gasteiger partial charge in [-0.25, -0.2) is 9.59 Å². The van der Waals surface area contributed by atoms with E-state index >= 15 is 0 Å². The molecule has 0 radical (unpaired) electrons. The summed E-state index contributed by atoms with van der Waals surface area (Å²) < 4.78 is 10.6. The molecule has 0 aliphatic heterocycles. The number of hydrogen-bond acceptors (Lipinski definition) is 4. The minimum Gasteiger partial charge on any atom is -0.463 e. The van der Waals surface area contributed by atoms with Gasteiger partial charge < -0.3 is 9.47 Å². The van der Waals surface area contributed by atoms with Gasteiger partial charge in [-0.1, -0.05) is 141 Å². The lowest BCUT2D eigenvalue weighted by molar-refractivity contribution is -0.140. The Balaban J connectivity index is 4.36. The molecule has 0 fully saturated rings. The van der Waals surface area contributed by atoms with E-state index in [0.29, 0.717) is 13.2 Å². The highest BCUT2D eigenvalue weighted by molar-refractivity contribution is 6.84. The first-order chi connectivity index (χ1) is 16.7. The number of rotatable bonds is 18. The van der Waals surface area contributed by atoms with Gasteiger partial charge in [-0.15, -0.1) is 0 Å². The van der Waals surface area contributed by atoms with Gasteiger partial charge in [0, 0.05) is 12.2 Å². The third-order valence-corrected chi connectivity index (χ3v) is 24.6. The Morgan fingerprint density at radius 1 is 0.500 bits per heavy atom. The molecule has 212 valence electrons. The van der Waals surface area contributed by atoms with Crippen LogP contribution >= 0.6 is 0 Å². The normalized spacial score (nSPS) is 13.3. The van der Waals surface area contributed by atoms with Gasteiger partial charge in [0.2, 0.25) is 0 Å². The van der Waals surface area contributed by atoms with Crippen LogP contribution in [0.5, 0.6) is 0 Å². The Hall–Kier alpha value is -0.886. The minimum absolute atomic E-state index is 0.407. The molecule has 4 nitrogen and oxygen atoms in total. The fourth-order valence-electron chi connectivity index (χ4n) is 7.38. The van der Waals surface area contributed by atoms with Crippen molar-refractivity contribution in [3.05, 3.63) is 12.2 Å². The monoisotopic (exact) mass is 540 g/mol. The van der Waals surface area contributed by atoms with Crippen molar-refractivity contribution in [1.29, 1.82) is 0 Å². The molecule has 36 heavy (non-hydrogen) atoms. The lowest BCUT2D eigenvalue weighted by atomic mass is 10.3. The van der Waals surface area contributed by atoms with Crippen molar-refractivity contribution >= 4 is 28.1 Å². The zero-order valence-corrected chi connectivity index (χ0v) is 27.9. The van der Waals surface area contributed by atoms with Gasteiger partial charge in [-0.3, -0.25) is 0 Å². The van der Waals surface area contributed by atoms with E-state index in [1.807, 2.05) is 0 Å². The second-order valence-corrected chi connectivity index (χ2v) is 25.1. The molecule has 0 aromatic heterocycles. The molecular formula is C30H60O4Si2. The molecular weight excluding hydrogens is 480 g/mol. The molecule has 0 aliphatic rings. The molecule has 0 spiro atoms. The van der Waals surface area contributed by atoms with Crippen LogP contribution in [0.15, 0.2) is 12.2 Å². The van der Waals surface area contributed by atoms with Crippen molar-refractivity contribution in [2.24, 2.45) is 0 Å². The van der Waals surface area contributed by atoms with E-state index in [4.69, 9.17) is 9.47 Å². The minimum atomic E-state index is -1.40. The van der Waals surface area contributed by atoms with Gasteiger partial charge >= 0.3 is 11.9 Å². The van der Waals surface area contributed by atoms with Crippen molar-refractivity contribution in [3.63, 3.8) is 0 Å². The van der Waals surface area contributed by atoms with Gasteiger partial charge in [0.25, 0.3) is 0 Å². The number of carbonyl (C=O) groups is 2. The van der Waals surface area contributed by atoms with Crippen molar-refractivity contribution in [3.8, 4) is 0 Å². The molecule has 0 unspecified atom stereocenters. The summed E-state index contributed by atoms with van der Waals surface area (Å²) in [7, 11) is -2.79. The quantitative estimate of drug-likeness (QED) is 0.0751. The van der Waals surface area contributed by atoms with Crippen molar-refractivity contribution in [2.75, 3.05) is 13.2 Å². The highest BCUT2D eigenvalue weighted by Gasteiger charge is 2.42. The van der Waals surface area contributed by atoms with Gasteiger partial charge in [-0.05, 0) is 12.8 Å². The fourth-order valence-corrected chi connectivity index (χ4v) is 20.6. The van der Waals surface area contributed by atoms with E-state index in [9.17, 15) is 9.59 Å². The zero-order valence-electron chi connectivity index (χ0n) is 25.9. The zero-order chi connectivity index (χ0) is 28.1. The van der Waals surface area contributed by atoms with Crippen LogP contribution in [0.2, 0.25) is 45.3 Å². The molecule has 0 N–H and O–H groups in total. The van der Waals surface area contributed by atoms with Crippen LogP contribution in [0.1, 0.15) is 109 Å². The Bertz CT molecular complexity index is 566. The van der Waals surface area contributed by atoms with Crippen molar-refractivity contribution < 1.29 is 19.1 Å². The van der Waals surface area contributed by atoms with E-state index in [1.54, 1.807) is 0 Å². The molecule has 0 aromatic rings. The fraction of sp³-hybridized carbons (Fsp3) is 0.867. The summed E-state index contributed by atoms with van der Waals surface area (Å²) in [6.45, 7) is 29.4. The summed E-state index contributed by atoms with van der Waals surface area (Å²) in [6.07, 6.45) is 6.33. The summed E-state index contributed by atoms with van der Waals surface area (Å²) in [5.74, 6) is -0.928. The summed E-state index contributed by atoms with van der Waals surface area (Å²) in [6, 6.07) is 2.55. The SMILES string of the molecule is CC(C)[Si](CCCCOC(=O)/C=C\C(=O)OCCCC[Si](C(C)C)(C(C)C)C(C)C)(C(C)C)C(C)C. The predicted molar refractivity (Wildman–Crippen MR) is 161 cm³/mol. The Labute approximate surface area is 226 Å². The third kappa shape index (κ3) is 10.1. The molecule has 0 aliphatic carbocycles. The Morgan fingerprint density at radius 3 is 0.972 bits per heavy atom. The number of unbranched alkanes of at least 4 members (excludes halogenated alkanes) is 2. The maximum Gasteiger partial charge on any atom is 0.331 e. The van der Waals surface area contributed by atoms with E-state index in [0.717, 1.165) is 58.9 Å². The predicted octanol–water partition coefficient (Wildman–Crippen LogP) is 9.55. The van der Waals surface area contributed by atoms with Crippen molar-refractivity contribution in [1.82, 2.24) is 0 Å². The molecule has 6 heteroatoms. The Morgan fingerprint density at radius 2 is 0.750 bits per heavy atom. The van der Waals surface area contributed by atoms with Crippen LogP contribution in [0.25, 0.3) is 0 Å². The largest absolute Gasteiger partial charge is 0.463 e. The van der Waals surface area contributed by atoms with Crippen LogP contribution in [-0.4, -0.2) is 41.3 Å². The molecule has 0 saturated carbocycles. The summed E-state index contributed by atoms with van der Waals surface area (Å²) in [5.41, 5.74) is 4.50. The first-order valence-corrected chi connectivity index (χ1v) is 19.6. The number of carbonyl (C=O) groups excluding carboxylic acids is 2. The lowest BCUT2D eigenvalue weighted by Gasteiger charge is -2.43.